The lowest BCUT2D eigenvalue weighted by Crippen LogP contribution is -2.22. The van der Waals surface area contributed by atoms with E-state index in [1.54, 1.807) is 9.13 Å². The molecule has 0 aliphatic rings. The van der Waals surface area contributed by atoms with Gasteiger partial charge in [0.25, 0.3) is 0 Å². The minimum absolute atomic E-state index is 0.0197. The Labute approximate surface area is 157 Å². The molecule has 0 amide bonds. The molecule has 4 aromatic rings. The fourth-order valence-corrected chi connectivity index (χ4v) is 3.74. The van der Waals surface area contributed by atoms with E-state index in [9.17, 15) is 4.79 Å². The Balaban J connectivity index is 1.96. The summed E-state index contributed by atoms with van der Waals surface area (Å²) in [6.45, 7) is 7.29. The van der Waals surface area contributed by atoms with E-state index in [4.69, 9.17) is 5.73 Å². The number of nitrogen functional groups attached to an aromatic ring is 1. The molecule has 0 aliphatic heterocycles. The van der Waals surface area contributed by atoms with Gasteiger partial charge in [0.05, 0.1) is 16.6 Å². The Morgan fingerprint density at radius 2 is 1.74 bits per heavy atom. The zero-order valence-electron chi connectivity index (χ0n) is 15.8. The third kappa shape index (κ3) is 2.65. The normalized spacial score (nSPS) is 11.4. The maximum Gasteiger partial charge on any atom is 0.329 e. The van der Waals surface area contributed by atoms with E-state index in [0.717, 1.165) is 39.0 Å². The fourth-order valence-electron chi connectivity index (χ4n) is 3.74. The predicted molar refractivity (Wildman–Crippen MR) is 110 cm³/mol. The molecule has 2 heterocycles. The third-order valence-corrected chi connectivity index (χ3v) is 5.03. The number of aromatic amines is 1. The lowest BCUT2D eigenvalue weighted by molar-refractivity contribution is 0.671. The molecule has 0 saturated heterocycles. The highest BCUT2D eigenvalue weighted by Gasteiger charge is 2.18. The summed E-state index contributed by atoms with van der Waals surface area (Å²) in [5.74, 6) is 0.520. The van der Waals surface area contributed by atoms with Crippen LogP contribution in [0.1, 0.15) is 19.4 Å². The van der Waals surface area contributed by atoms with Crippen LogP contribution in [0.25, 0.3) is 33.4 Å². The Morgan fingerprint density at radius 3 is 2.44 bits per heavy atom. The van der Waals surface area contributed by atoms with Crippen LogP contribution < -0.4 is 11.4 Å². The van der Waals surface area contributed by atoms with Gasteiger partial charge >= 0.3 is 5.69 Å². The Kier molecular flexibility index (Phi) is 4.11. The van der Waals surface area contributed by atoms with E-state index >= 15 is 0 Å². The zero-order valence-corrected chi connectivity index (χ0v) is 15.8. The number of imidazole rings is 1. The number of nitrogens with one attached hydrogen (secondary N) is 1. The van der Waals surface area contributed by atoms with Crippen molar-refractivity contribution in [1.82, 2.24) is 19.3 Å². The van der Waals surface area contributed by atoms with Crippen LogP contribution in [0.15, 0.2) is 47.3 Å². The summed E-state index contributed by atoms with van der Waals surface area (Å²) in [6.07, 6.45) is 0. The van der Waals surface area contributed by atoms with Crippen LogP contribution in [0.5, 0.6) is 0 Å². The number of aryl methyl sites for hydroxylation is 3. The van der Waals surface area contributed by atoms with Crippen LogP contribution in [-0.4, -0.2) is 19.3 Å². The summed E-state index contributed by atoms with van der Waals surface area (Å²) in [4.78, 5) is 12.6. The van der Waals surface area contributed by atoms with Crippen molar-refractivity contribution in [3.05, 3.63) is 58.5 Å². The number of hydrogen-bond donors (Lipinski definition) is 2. The molecule has 0 spiro atoms. The van der Waals surface area contributed by atoms with Gasteiger partial charge in [-0.25, -0.2) is 4.79 Å². The second-order valence-corrected chi connectivity index (χ2v) is 6.70. The number of H-pyrrole nitrogens is 1. The van der Waals surface area contributed by atoms with Gasteiger partial charge in [-0.1, -0.05) is 29.8 Å². The lowest BCUT2D eigenvalue weighted by atomic mass is 9.99. The SMILES string of the molecule is CCn1c(=O)n(CC)c2cc(-c3c(-c4cccc(C)c4)n[nH]c3N)ccc21. The molecule has 0 unspecified atom stereocenters. The molecule has 0 atom stereocenters. The first kappa shape index (κ1) is 17.1. The summed E-state index contributed by atoms with van der Waals surface area (Å²) < 4.78 is 3.59. The molecule has 27 heavy (non-hydrogen) atoms. The van der Waals surface area contributed by atoms with Gasteiger partial charge in [-0.2, -0.15) is 5.10 Å². The summed E-state index contributed by atoms with van der Waals surface area (Å²) in [5, 5.41) is 7.35. The number of nitrogens with zero attached hydrogens (tertiary/aromatic N) is 3. The minimum atomic E-state index is 0.0197. The monoisotopic (exact) mass is 361 g/mol. The Bertz CT molecular complexity index is 1200. The number of fused-ring (bicyclic) bond motifs is 1. The van der Waals surface area contributed by atoms with E-state index in [-0.39, 0.29) is 5.69 Å². The standard InChI is InChI=1S/C21H23N5O/c1-4-25-16-10-9-14(12-17(16)26(5-2)21(25)27)18-19(23-24-20(18)22)15-8-6-7-13(3)11-15/h6-12H,4-5H2,1-3H3,(H3,22,23,24). The maximum absolute atomic E-state index is 12.6. The third-order valence-electron chi connectivity index (χ3n) is 5.03. The number of aromatic nitrogens is 4. The molecule has 0 saturated carbocycles. The number of benzene rings is 2. The topological polar surface area (TPSA) is 81.6 Å². The number of nitrogens with two attached hydrogens (primary N) is 1. The van der Waals surface area contributed by atoms with Crippen LogP contribution in [-0.2, 0) is 13.1 Å². The van der Waals surface area contributed by atoms with Crippen molar-refractivity contribution < 1.29 is 0 Å². The summed E-state index contributed by atoms with van der Waals surface area (Å²) in [7, 11) is 0. The van der Waals surface area contributed by atoms with Crippen molar-refractivity contribution in [3.63, 3.8) is 0 Å². The molecule has 6 heteroatoms. The summed E-state index contributed by atoms with van der Waals surface area (Å²) in [6, 6.07) is 14.2. The highest BCUT2D eigenvalue weighted by atomic mass is 16.1. The predicted octanol–water partition coefficient (Wildman–Crippen LogP) is 3.79. The van der Waals surface area contributed by atoms with Crippen molar-refractivity contribution in [2.45, 2.75) is 33.9 Å². The second kappa shape index (κ2) is 6.46. The molecular weight excluding hydrogens is 338 g/mol. The smallest absolute Gasteiger partial charge is 0.329 e. The van der Waals surface area contributed by atoms with E-state index in [1.165, 1.54) is 0 Å². The van der Waals surface area contributed by atoms with Crippen molar-refractivity contribution in [1.29, 1.82) is 0 Å². The molecule has 0 radical (unpaired) electrons. The molecule has 6 nitrogen and oxygen atoms in total. The summed E-state index contributed by atoms with van der Waals surface area (Å²) in [5.41, 5.74) is 12.9. The zero-order chi connectivity index (χ0) is 19.1. The van der Waals surface area contributed by atoms with Crippen molar-refractivity contribution in [3.8, 4) is 22.4 Å². The molecule has 2 aromatic carbocycles. The van der Waals surface area contributed by atoms with Crippen molar-refractivity contribution in [2.24, 2.45) is 0 Å². The average Bonchev–Trinajstić information content (AvgIpc) is 3.17. The van der Waals surface area contributed by atoms with Gasteiger partial charge < -0.3 is 5.73 Å². The van der Waals surface area contributed by atoms with E-state index in [2.05, 4.69) is 29.3 Å². The Morgan fingerprint density at radius 1 is 1.00 bits per heavy atom. The van der Waals surface area contributed by atoms with E-state index in [0.29, 0.717) is 18.9 Å². The first-order valence-electron chi connectivity index (χ1n) is 9.19. The minimum Gasteiger partial charge on any atom is -0.384 e. The van der Waals surface area contributed by atoms with Crippen LogP contribution >= 0.6 is 0 Å². The van der Waals surface area contributed by atoms with Crippen LogP contribution in [0, 0.1) is 6.92 Å². The largest absolute Gasteiger partial charge is 0.384 e. The molecule has 3 N–H and O–H groups in total. The fraction of sp³-hybridized carbons (Fsp3) is 0.238. The number of anilines is 1. The number of rotatable bonds is 4. The first-order chi connectivity index (χ1) is 13.0. The quantitative estimate of drug-likeness (QED) is 0.580. The molecule has 138 valence electrons. The molecule has 0 aliphatic carbocycles. The van der Waals surface area contributed by atoms with Gasteiger partial charge in [-0.15, -0.1) is 0 Å². The second-order valence-electron chi connectivity index (χ2n) is 6.70. The molecule has 4 rings (SSSR count). The molecule has 0 bridgehead atoms. The van der Waals surface area contributed by atoms with Gasteiger partial charge in [0.15, 0.2) is 0 Å². The first-order valence-corrected chi connectivity index (χ1v) is 9.19. The lowest BCUT2D eigenvalue weighted by Gasteiger charge is -2.07. The summed E-state index contributed by atoms with van der Waals surface area (Å²) >= 11 is 0. The van der Waals surface area contributed by atoms with Crippen molar-refractivity contribution >= 4 is 16.9 Å². The molecular formula is C21H23N5O. The van der Waals surface area contributed by atoms with Gasteiger partial charge in [0.2, 0.25) is 0 Å². The van der Waals surface area contributed by atoms with Gasteiger partial charge in [0, 0.05) is 18.7 Å². The molecule has 0 fully saturated rings. The maximum atomic E-state index is 12.6. The van der Waals surface area contributed by atoms with Crippen LogP contribution in [0.3, 0.4) is 0 Å². The van der Waals surface area contributed by atoms with Crippen LogP contribution in [0.2, 0.25) is 0 Å². The average molecular weight is 361 g/mol. The van der Waals surface area contributed by atoms with Gasteiger partial charge in [0.1, 0.15) is 11.5 Å². The van der Waals surface area contributed by atoms with E-state index in [1.807, 2.05) is 44.2 Å². The Hall–Kier alpha value is -3.28. The van der Waals surface area contributed by atoms with Gasteiger partial charge in [-0.05, 0) is 44.5 Å². The van der Waals surface area contributed by atoms with Gasteiger partial charge in [-0.3, -0.25) is 14.2 Å². The highest BCUT2D eigenvalue weighted by Crippen LogP contribution is 2.36. The van der Waals surface area contributed by atoms with Crippen LogP contribution in [0.4, 0.5) is 5.82 Å². The van der Waals surface area contributed by atoms with E-state index < -0.39 is 0 Å². The molecule has 2 aromatic heterocycles. The van der Waals surface area contributed by atoms with Crippen molar-refractivity contribution in [2.75, 3.05) is 5.73 Å². The highest BCUT2D eigenvalue weighted by molar-refractivity contribution is 5.92. The number of hydrogen-bond acceptors (Lipinski definition) is 3.